The molecular formula is C18H20ClFN2S2. The van der Waals surface area contributed by atoms with Gasteiger partial charge in [-0.25, -0.2) is 4.39 Å². The highest BCUT2D eigenvalue weighted by Gasteiger charge is 2.02. The highest BCUT2D eigenvalue weighted by molar-refractivity contribution is 7.98. The summed E-state index contributed by atoms with van der Waals surface area (Å²) in [5, 5.41) is 6.73. The molecule has 0 atom stereocenters. The molecule has 24 heavy (non-hydrogen) atoms. The molecular weight excluding hydrogens is 363 g/mol. The number of halogens is 2. The lowest BCUT2D eigenvalue weighted by atomic mass is 10.2. The van der Waals surface area contributed by atoms with Gasteiger partial charge in [-0.05, 0) is 55.1 Å². The second kappa shape index (κ2) is 9.87. The largest absolute Gasteiger partial charge is 0.362 e. The maximum Gasteiger partial charge on any atom is 0.170 e. The Morgan fingerprint density at radius 2 is 2.08 bits per heavy atom. The van der Waals surface area contributed by atoms with E-state index in [1.165, 1.54) is 23.3 Å². The molecule has 2 nitrogen and oxygen atoms in total. The van der Waals surface area contributed by atoms with E-state index in [0.717, 1.165) is 24.5 Å². The number of nitrogens with one attached hydrogen (secondary N) is 2. The minimum Gasteiger partial charge on any atom is -0.362 e. The van der Waals surface area contributed by atoms with Crippen molar-refractivity contribution in [1.29, 1.82) is 0 Å². The Hall–Kier alpha value is -1.30. The van der Waals surface area contributed by atoms with Crippen LogP contribution in [0.2, 0.25) is 5.02 Å². The molecule has 0 saturated carbocycles. The number of hydrogen-bond acceptors (Lipinski definition) is 2. The summed E-state index contributed by atoms with van der Waals surface area (Å²) in [6.07, 6.45) is 1.02. The van der Waals surface area contributed by atoms with Crippen LogP contribution in [0.1, 0.15) is 17.5 Å². The van der Waals surface area contributed by atoms with Crippen molar-refractivity contribution < 1.29 is 4.39 Å². The van der Waals surface area contributed by atoms with Crippen molar-refractivity contribution in [3.05, 3.63) is 64.4 Å². The van der Waals surface area contributed by atoms with Crippen LogP contribution in [-0.4, -0.2) is 17.4 Å². The summed E-state index contributed by atoms with van der Waals surface area (Å²) in [7, 11) is 0. The highest BCUT2D eigenvalue weighted by Crippen LogP contribution is 2.19. The smallest absolute Gasteiger partial charge is 0.170 e. The first-order chi connectivity index (χ1) is 11.5. The van der Waals surface area contributed by atoms with Crippen molar-refractivity contribution in [1.82, 2.24) is 5.32 Å². The maximum absolute atomic E-state index is 13.1. The van der Waals surface area contributed by atoms with E-state index in [2.05, 4.69) is 41.8 Å². The summed E-state index contributed by atoms with van der Waals surface area (Å²) in [6.45, 7) is 2.90. The Kier molecular flexibility index (Phi) is 7.82. The van der Waals surface area contributed by atoms with Gasteiger partial charge in [-0.2, -0.15) is 11.8 Å². The Labute approximate surface area is 157 Å². The molecule has 0 aliphatic carbocycles. The molecule has 6 heteroatoms. The number of anilines is 1. The predicted octanol–water partition coefficient (Wildman–Crippen LogP) is 5.40. The van der Waals surface area contributed by atoms with Gasteiger partial charge in [0.1, 0.15) is 5.82 Å². The molecule has 0 spiro atoms. The van der Waals surface area contributed by atoms with Gasteiger partial charge in [0.05, 0.1) is 5.02 Å². The first-order valence-electron chi connectivity index (χ1n) is 7.68. The summed E-state index contributed by atoms with van der Waals surface area (Å²) in [6, 6.07) is 13.0. The SMILES string of the molecule is Cc1cccc(CSCCCNC(=S)Nc2ccc(F)c(Cl)c2)c1. The fourth-order valence-corrected chi connectivity index (χ4v) is 3.43. The number of hydrogen-bond donors (Lipinski definition) is 2. The lowest BCUT2D eigenvalue weighted by Gasteiger charge is -2.11. The quantitative estimate of drug-likeness (QED) is 0.494. The minimum atomic E-state index is -0.438. The maximum atomic E-state index is 13.1. The summed E-state index contributed by atoms with van der Waals surface area (Å²) in [5.74, 6) is 1.65. The van der Waals surface area contributed by atoms with E-state index in [1.54, 1.807) is 6.07 Å². The summed E-state index contributed by atoms with van der Waals surface area (Å²) in [5.41, 5.74) is 3.33. The molecule has 0 aliphatic heterocycles. The Bertz CT molecular complexity index is 694. The average molecular weight is 383 g/mol. The molecule has 128 valence electrons. The van der Waals surface area contributed by atoms with E-state index in [1.807, 2.05) is 11.8 Å². The third-order valence-electron chi connectivity index (χ3n) is 3.28. The van der Waals surface area contributed by atoms with Crippen molar-refractivity contribution in [2.24, 2.45) is 0 Å². The van der Waals surface area contributed by atoms with Crippen molar-refractivity contribution in [2.75, 3.05) is 17.6 Å². The number of benzene rings is 2. The molecule has 0 saturated heterocycles. The molecule has 2 aromatic carbocycles. The van der Waals surface area contributed by atoms with Crippen LogP contribution < -0.4 is 10.6 Å². The van der Waals surface area contributed by atoms with Crippen LogP contribution in [0, 0.1) is 12.7 Å². The fourth-order valence-electron chi connectivity index (χ4n) is 2.12. The van der Waals surface area contributed by atoms with E-state index in [-0.39, 0.29) is 5.02 Å². The molecule has 0 aromatic heterocycles. The summed E-state index contributed by atoms with van der Waals surface area (Å²) in [4.78, 5) is 0. The summed E-state index contributed by atoms with van der Waals surface area (Å²) < 4.78 is 13.1. The molecule has 0 radical (unpaired) electrons. The predicted molar refractivity (Wildman–Crippen MR) is 108 cm³/mol. The van der Waals surface area contributed by atoms with E-state index in [9.17, 15) is 4.39 Å². The molecule has 0 unspecified atom stereocenters. The lowest BCUT2D eigenvalue weighted by Crippen LogP contribution is -2.29. The van der Waals surface area contributed by atoms with Gasteiger partial charge in [0.2, 0.25) is 0 Å². The van der Waals surface area contributed by atoms with Crippen LogP contribution in [0.3, 0.4) is 0 Å². The first-order valence-corrected chi connectivity index (χ1v) is 9.62. The van der Waals surface area contributed by atoms with Gasteiger partial charge in [0.25, 0.3) is 0 Å². The van der Waals surface area contributed by atoms with E-state index >= 15 is 0 Å². The second-order valence-corrected chi connectivity index (χ2v) is 7.33. The van der Waals surface area contributed by atoms with Crippen molar-refractivity contribution in [3.8, 4) is 0 Å². The van der Waals surface area contributed by atoms with Gasteiger partial charge < -0.3 is 10.6 Å². The van der Waals surface area contributed by atoms with Gasteiger partial charge in [-0.1, -0.05) is 41.4 Å². The van der Waals surface area contributed by atoms with E-state index in [4.69, 9.17) is 23.8 Å². The second-order valence-electron chi connectivity index (χ2n) is 5.40. The third kappa shape index (κ3) is 6.67. The molecule has 0 aliphatic rings. The number of thioether (sulfide) groups is 1. The first kappa shape index (κ1) is 19.0. The highest BCUT2D eigenvalue weighted by atomic mass is 35.5. The third-order valence-corrected chi connectivity index (χ3v) is 4.93. The van der Waals surface area contributed by atoms with Crippen LogP contribution in [0.15, 0.2) is 42.5 Å². The molecule has 2 aromatic rings. The van der Waals surface area contributed by atoms with Gasteiger partial charge in [0.15, 0.2) is 5.11 Å². The zero-order chi connectivity index (χ0) is 17.4. The van der Waals surface area contributed by atoms with Crippen LogP contribution in [-0.2, 0) is 5.75 Å². The van der Waals surface area contributed by atoms with Crippen molar-refractivity contribution in [2.45, 2.75) is 19.1 Å². The molecule has 0 fully saturated rings. The zero-order valence-corrected chi connectivity index (χ0v) is 15.8. The average Bonchev–Trinajstić information content (AvgIpc) is 2.54. The Morgan fingerprint density at radius 3 is 2.83 bits per heavy atom. The zero-order valence-electron chi connectivity index (χ0n) is 13.4. The lowest BCUT2D eigenvalue weighted by molar-refractivity contribution is 0.628. The van der Waals surface area contributed by atoms with Gasteiger partial charge >= 0.3 is 0 Å². The molecule has 2 N–H and O–H groups in total. The summed E-state index contributed by atoms with van der Waals surface area (Å²) >= 11 is 12.9. The molecule has 0 amide bonds. The Morgan fingerprint density at radius 1 is 1.25 bits per heavy atom. The van der Waals surface area contributed by atoms with Crippen LogP contribution in [0.5, 0.6) is 0 Å². The molecule has 0 heterocycles. The number of thiocarbonyl (C=S) groups is 1. The standard InChI is InChI=1S/C18H20ClFN2S2/c1-13-4-2-5-14(10-13)12-24-9-3-8-21-18(23)22-15-6-7-17(20)16(19)11-15/h2,4-7,10-11H,3,8-9,12H2,1H3,(H2,21,22,23). The van der Waals surface area contributed by atoms with Crippen LogP contribution >= 0.6 is 35.6 Å². The van der Waals surface area contributed by atoms with Crippen LogP contribution in [0.25, 0.3) is 0 Å². The molecule has 2 rings (SSSR count). The number of rotatable bonds is 7. The van der Waals surface area contributed by atoms with E-state index < -0.39 is 5.82 Å². The monoisotopic (exact) mass is 382 g/mol. The number of aryl methyl sites for hydroxylation is 1. The topological polar surface area (TPSA) is 24.1 Å². The van der Waals surface area contributed by atoms with E-state index in [0.29, 0.717) is 10.8 Å². The van der Waals surface area contributed by atoms with Crippen molar-refractivity contribution >= 4 is 46.4 Å². The Balaban J connectivity index is 1.60. The normalized spacial score (nSPS) is 10.5. The van der Waals surface area contributed by atoms with Gasteiger partial charge in [-0.15, -0.1) is 0 Å². The van der Waals surface area contributed by atoms with Gasteiger partial charge in [-0.3, -0.25) is 0 Å². The van der Waals surface area contributed by atoms with Crippen molar-refractivity contribution in [3.63, 3.8) is 0 Å². The van der Waals surface area contributed by atoms with Gasteiger partial charge in [0, 0.05) is 18.0 Å². The fraction of sp³-hybridized carbons (Fsp3) is 0.278. The minimum absolute atomic E-state index is 0.0790. The molecule has 0 bridgehead atoms. The van der Waals surface area contributed by atoms with Crippen LogP contribution in [0.4, 0.5) is 10.1 Å².